The Morgan fingerprint density at radius 2 is 1.98 bits per heavy atom. The van der Waals surface area contributed by atoms with Crippen molar-refractivity contribution in [3.63, 3.8) is 0 Å². The van der Waals surface area contributed by atoms with Gasteiger partial charge in [0.2, 0.25) is 5.91 Å². The normalized spacial score (nSPS) is 16.5. The lowest BCUT2D eigenvalue weighted by molar-refractivity contribution is -0.125. The van der Waals surface area contributed by atoms with E-state index < -0.39 is 0 Å². The molecule has 1 saturated carbocycles. The molecule has 12 nitrogen and oxygen atoms in total. The number of benzene rings is 1. The Morgan fingerprint density at radius 3 is 2.77 bits per heavy atom. The van der Waals surface area contributed by atoms with Crippen LogP contribution in [-0.2, 0) is 4.79 Å². The van der Waals surface area contributed by atoms with Gasteiger partial charge in [-0.25, -0.2) is 9.97 Å². The maximum atomic E-state index is 12.7. The molecule has 0 radical (unpaired) electrons. The van der Waals surface area contributed by atoms with Gasteiger partial charge in [-0.05, 0) is 62.7 Å². The molecule has 0 spiro atoms. The summed E-state index contributed by atoms with van der Waals surface area (Å²) in [6, 6.07) is 14.2. The van der Waals surface area contributed by atoms with E-state index in [4.69, 9.17) is 10.00 Å². The highest BCUT2D eigenvalue weighted by molar-refractivity contribution is 6.04. The molecule has 1 unspecified atom stereocenters. The smallest absolute Gasteiger partial charge is 0.256 e. The van der Waals surface area contributed by atoms with Crippen LogP contribution in [0.25, 0.3) is 11.0 Å². The predicted molar refractivity (Wildman–Crippen MR) is 161 cm³/mol. The molecule has 3 aromatic heterocycles. The van der Waals surface area contributed by atoms with Gasteiger partial charge in [0.05, 0.1) is 11.6 Å². The zero-order valence-electron chi connectivity index (χ0n) is 23.7. The summed E-state index contributed by atoms with van der Waals surface area (Å²) in [5.74, 6) is 1.64. The van der Waals surface area contributed by atoms with Crippen molar-refractivity contribution in [2.24, 2.45) is 0 Å². The first-order chi connectivity index (χ1) is 21.0. The third kappa shape index (κ3) is 6.63. The van der Waals surface area contributed by atoms with E-state index in [-0.39, 0.29) is 17.9 Å². The van der Waals surface area contributed by atoms with Crippen molar-refractivity contribution in [1.29, 1.82) is 5.26 Å². The van der Waals surface area contributed by atoms with E-state index in [1.54, 1.807) is 48.7 Å². The van der Waals surface area contributed by atoms with E-state index in [1.807, 2.05) is 17.0 Å². The van der Waals surface area contributed by atoms with Crippen LogP contribution in [0, 0.1) is 11.3 Å². The maximum Gasteiger partial charge on any atom is 0.256 e. The van der Waals surface area contributed by atoms with Crippen molar-refractivity contribution < 1.29 is 14.3 Å². The largest absolute Gasteiger partial charge is 0.456 e. The van der Waals surface area contributed by atoms with Gasteiger partial charge in [0.25, 0.3) is 5.91 Å². The molecule has 1 aliphatic carbocycles. The molecular weight excluding hydrogens is 546 g/mol. The molecule has 1 saturated heterocycles. The van der Waals surface area contributed by atoms with E-state index in [0.29, 0.717) is 64.4 Å². The SMILES string of the molecule is CN(C/C=C/C(=O)N1CCC(Nc2n[nH]c3nccc(Oc4ccc(C(=O)Nc5cc(C#N)ccn5)cc4)c23)C1)C1CC1. The monoisotopic (exact) mass is 577 g/mol. The number of rotatable bonds is 10. The fourth-order valence-electron chi connectivity index (χ4n) is 5.03. The third-order valence-corrected chi connectivity index (χ3v) is 7.56. The van der Waals surface area contributed by atoms with Gasteiger partial charge in [-0.15, -0.1) is 0 Å². The number of fused-ring (bicyclic) bond motifs is 1. The second-order valence-electron chi connectivity index (χ2n) is 10.7. The van der Waals surface area contributed by atoms with Crippen LogP contribution in [0.15, 0.2) is 67.0 Å². The number of nitriles is 1. The standard InChI is InChI=1S/C31H31N9O3/c1-39(23-6-7-23)15-2-3-27(41)40-16-12-22(19-40)35-30-28-25(11-14-34-29(28)37-38-30)43-24-8-4-21(5-9-24)31(42)36-26-17-20(18-32)10-13-33-26/h2-5,8-11,13-14,17,22-23H,6-7,12,15-16,19H2,1H3,(H,33,36,42)(H2,34,35,37,38)/b3-2+. The molecule has 3 N–H and O–H groups in total. The second kappa shape index (κ2) is 12.3. The first-order valence-corrected chi connectivity index (χ1v) is 14.2. The van der Waals surface area contributed by atoms with Crippen molar-refractivity contribution in [1.82, 2.24) is 30.0 Å². The lowest BCUT2D eigenvalue weighted by atomic mass is 10.2. The van der Waals surface area contributed by atoms with E-state index >= 15 is 0 Å². The van der Waals surface area contributed by atoms with Crippen molar-refractivity contribution in [2.75, 3.05) is 37.3 Å². The fourth-order valence-corrected chi connectivity index (χ4v) is 5.03. The quantitative estimate of drug-likeness (QED) is 0.238. The van der Waals surface area contributed by atoms with Crippen LogP contribution in [0.5, 0.6) is 11.5 Å². The summed E-state index contributed by atoms with van der Waals surface area (Å²) in [6.07, 6.45) is 10.0. The number of likely N-dealkylation sites (tertiary alicyclic amines) is 1. The second-order valence-corrected chi connectivity index (χ2v) is 10.7. The Kier molecular flexibility index (Phi) is 7.97. The zero-order chi connectivity index (χ0) is 29.8. The number of nitrogens with zero attached hydrogens (tertiary/aromatic N) is 6. The number of amides is 2. The topological polar surface area (TPSA) is 152 Å². The lowest BCUT2D eigenvalue weighted by Crippen LogP contribution is -2.30. The number of aromatic nitrogens is 4. The molecule has 218 valence electrons. The molecule has 2 fully saturated rings. The van der Waals surface area contributed by atoms with Crippen LogP contribution in [0.4, 0.5) is 11.6 Å². The molecule has 1 aromatic carbocycles. The molecule has 6 rings (SSSR count). The molecule has 2 amide bonds. The molecule has 1 aliphatic heterocycles. The Hall–Kier alpha value is -5.28. The van der Waals surface area contributed by atoms with Crippen LogP contribution >= 0.6 is 0 Å². The molecule has 2 aliphatic rings. The van der Waals surface area contributed by atoms with Gasteiger partial charge in [0.15, 0.2) is 11.5 Å². The zero-order valence-corrected chi connectivity index (χ0v) is 23.7. The number of nitrogens with one attached hydrogen (secondary N) is 3. The lowest BCUT2D eigenvalue weighted by Gasteiger charge is -2.16. The van der Waals surface area contributed by atoms with Gasteiger partial charge in [-0.3, -0.25) is 19.6 Å². The highest BCUT2D eigenvalue weighted by Gasteiger charge is 2.27. The summed E-state index contributed by atoms with van der Waals surface area (Å²) in [4.78, 5) is 38.0. The number of carbonyl (C=O) groups excluding carboxylic acids is 2. The highest BCUT2D eigenvalue weighted by atomic mass is 16.5. The number of pyridine rings is 2. The van der Waals surface area contributed by atoms with E-state index in [0.717, 1.165) is 13.0 Å². The molecule has 4 heterocycles. The molecular formula is C31H31N9O3. The first kappa shape index (κ1) is 27.9. The minimum atomic E-state index is -0.355. The average Bonchev–Trinajstić information content (AvgIpc) is 3.64. The van der Waals surface area contributed by atoms with Gasteiger partial charge >= 0.3 is 0 Å². The van der Waals surface area contributed by atoms with Crippen molar-refractivity contribution in [3.05, 3.63) is 78.1 Å². The number of H-pyrrole nitrogens is 1. The van der Waals surface area contributed by atoms with Gasteiger partial charge in [-0.1, -0.05) is 6.08 Å². The first-order valence-electron chi connectivity index (χ1n) is 14.2. The summed E-state index contributed by atoms with van der Waals surface area (Å²) in [5, 5.41) is 23.3. The summed E-state index contributed by atoms with van der Waals surface area (Å²) >= 11 is 0. The van der Waals surface area contributed by atoms with Crippen LogP contribution in [0.3, 0.4) is 0 Å². The number of likely N-dealkylation sites (N-methyl/N-ethyl adjacent to an activating group) is 1. The predicted octanol–water partition coefficient (Wildman–Crippen LogP) is 3.93. The Balaban J connectivity index is 1.08. The van der Waals surface area contributed by atoms with Crippen LogP contribution in [0.2, 0.25) is 0 Å². The van der Waals surface area contributed by atoms with Crippen LogP contribution in [-0.4, -0.2) is 80.5 Å². The Morgan fingerprint density at radius 1 is 1.16 bits per heavy atom. The molecule has 43 heavy (non-hydrogen) atoms. The number of ether oxygens (including phenoxy) is 1. The number of hydrogen-bond acceptors (Lipinski definition) is 9. The van der Waals surface area contributed by atoms with E-state index in [2.05, 4.69) is 42.7 Å². The summed E-state index contributed by atoms with van der Waals surface area (Å²) in [6.45, 7) is 2.03. The number of anilines is 2. The minimum Gasteiger partial charge on any atom is -0.456 e. The van der Waals surface area contributed by atoms with Crippen LogP contribution in [0.1, 0.15) is 35.2 Å². The molecule has 12 heteroatoms. The van der Waals surface area contributed by atoms with Gasteiger partial charge in [0, 0.05) is 61.8 Å². The van der Waals surface area contributed by atoms with E-state index in [1.165, 1.54) is 25.1 Å². The van der Waals surface area contributed by atoms with Crippen molar-refractivity contribution >= 4 is 34.5 Å². The van der Waals surface area contributed by atoms with Crippen LogP contribution < -0.4 is 15.4 Å². The maximum absolute atomic E-state index is 12.7. The summed E-state index contributed by atoms with van der Waals surface area (Å²) < 4.78 is 6.18. The minimum absolute atomic E-state index is 0.0233. The van der Waals surface area contributed by atoms with Crippen molar-refractivity contribution in [3.8, 4) is 17.6 Å². The molecule has 4 aromatic rings. The molecule has 0 bridgehead atoms. The molecule has 1 atom stereocenters. The van der Waals surface area contributed by atoms with Gasteiger partial charge < -0.3 is 20.3 Å². The average molecular weight is 578 g/mol. The fraction of sp³-hybridized carbons (Fsp3) is 0.290. The number of hydrogen-bond donors (Lipinski definition) is 3. The number of aromatic amines is 1. The van der Waals surface area contributed by atoms with E-state index in [9.17, 15) is 9.59 Å². The van der Waals surface area contributed by atoms with Crippen molar-refractivity contribution in [2.45, 2.75) is 31.3 Å². The summed E-state index contributed by atoms with van der Waals surface area (Å²) in [5.41, 5.74) is 1.38. The number of carbonyl (C=O) groups is 2. The Labute approximate surface area is 248 Å². The third-order valence-electron chi connectivity index (χ3n) is 7.56. The van der Waals surface area contributed by atoms with Gasteiger partial charge in [0.1, 0.15) is 22.7 Å². The summed E-state index contributed by atoms with van der Waals surface area (Å²) in [7, 11) is 2.09. The highest BCUT2D eigenvalue weighted by Crippen LogP contribution is 2.33. The van der Waals surface area contributed by atoms with Gasteiger partial charge in [-0.2, -0.15) is 10.4 Å². The Bertz CT molecular complexity index is 1710.